The van der Waals surface area contributed by atoms with Gasteiger partial charge in [0.2, 0.25) is 8.03 Å². The maximum Gasteiger partial charge on any atom is 0.221 e. The molecule has 60 valence electrons. The predicted octanol–water partition coefficient (Wildman–Crippen LogP) is 0.190. The summed E-state index contributed by atoms with van der Waals surface area (Å²) in [6.07, 6.45) is 0. The van der Waals surface area contributed by atoms with Crippen LogP contribution in [0.3, 0.4) is 0 Å². The minimum absolute atomic E-state index is 0.116. The molecule has 11 heavy (non-hydrogen) atoms. The Morgan fingerprint density at radius 2 is 1.91 bits per heavy atom. The number of rotatable bonds is 1. The van der Waals surface area contributed by atoms with Crippen LogP contribution in [0.5, 0.6) is 11.5 Å². The molecule has 1 atom stereocenters. The van der Waals surface area contributed by atoms with Crippen LogP contribution in [0, 0.1) is 0 Å². The summed E-state index contributed by atoms with van der Waals surface area (Å²) in [5.74, 6) is -0.403. The zero-order chi connectivity index (χ0) is 8.43. The van der Waals surface area contributed by atoms with E-state index in [1.165, 1.54) is 12.1 Å². The maximum atomic E-state index is 10.5. The van der Waals surface area contributed by atoms with Crippen molar-refractivity contribution in [1.82, 2.24) is 0 Å². The molecule has 0 amide bonds. The van der Waals surface area contributed by atoms with Gasteiger partial charge in [-0.2, -0.15) is 0 Å². The van der Waals surface area contributed by atoms with Gasteiger partial charge in [-0.05, 0) is 18.2 Å². The molecule has 0 fully saturated rings. The lowest BCUT2D eigenvalue weighted by atomic mass is 10.3. The van der Waals surface area contributed by atoms with Gasteiger partial charge in [0.05, 0.1) is 5.30 Å². The SMILES string of the molecule is O=[PH](O)c1cc(O)ccc1O. The van der Waals surface area contributed by atoms with Gasteiger partial charge in [-0.25, -0.2) is 0 Å². The van der Waals surface area contributed by atoms with E-state index >= 15 is 0 Å². The standard InChI is InChI=1S/C6H7O4P/c7-4-1-2-5(8)6(3-4)11(9)10/h1-3,7-8,11H,(H,9,10). The van der Waals surface area contributed by atoms with Gasteiger partial charge in [0.25, 0.3) is 0 Å². The van der Waals surface area contributed by atoms with Gasteiger partial charge >= 0.3 is 0 Å². The summed E-state index contributed by atoms with van der Waals surface area (Å²) >= 11 is 0. The molecule has 0 spiro atoms. The summed E-state index contributed by atoms with van der Waals surface area (Å²) in [5.41, 5.74) is 0. The fraction of sp³-hybridized carbons (Fsp3) is 0. The third-order valence-corrected chi connectivity index (χ3v) is 2.07. The highest BCUT2D eigenvalue weighted by atomic mass is 31.1. The first-order valence-corrected chi connectivity index (χ1v) is 4.22. The highest BCUT2D eigenvalue weighted by molar-refractivity contribution is 7.47. The average Bonchev–Trinajstić information content (AvgIpc) is 1.94. The normalized spacial score (nSPS) is 12.8. The van der Waals surface area contributed by atoms with Crippen LogP contribution in [0.4, 0.5) is 0 Å². The minimum atomic E-state index is -2.92. The van der Waals surface area contributed by atoms with Crippen LogP contribution in [0.2, 0.25) is 0 Å². The molecule has 4 nitrogen and oxygen atoms in total. The fourth-order valence-corrected chi connectivity index (χ4v) is 1.27. The number of benzene rings is 1. The van der Waals surface area contributed by atoms with Crippen LogP contribution in [0.25, 0.3) is 0 Å². The molecule has 1 aromatic carbocycles. The second-order valence-corrected chi connectivity index (χ2v) is 3.16. The summed E-state index contributed by atoms with van der Waals surface area (Å²) < 4.78 is 10.5. The van der Waals surface area contributed by atoms with Gasteiger partial charge < -0.3 is 15.1 Å². The van der Waals surface area contributed by atoms with E-state index in [1.807, 2.05) is 0 Å². The molecule has 5 heteroatoms. The number of hydrogen-bond donors (Lipinski definition) is 3. The number of phenolic OH excluding ortho intramolecular Hbond substituents is 2. The van der Waals surface area contributed by atoms with E-state index in [4.69, 9.17) is 15.1 Å². The monoisotopic (exact) mass is 174 g/mol. The molecule has 1 unspecified atom stereocenters. The smallest absolute Gasteiger partial charge is 0.221 e. The summed E-state index contributed by atoms with van der Waals surface area (Å²) in [4.78, 5) is 8.60. The molecule has 3 N–H and O–H groups in total. The number of phenols is 2. The first-order valence-electron chi connectivity index (χ1n) is 2.86. The van der Waals surface area contributed by atoms with Crippen LogP contribution in [-0.2, 0) is 4.57 Å². The van der Waals surface area contributed by atoms with Gasteiger partial charge in [-0.3, -0.25) is 4.57 Å². The van der Waals surface area contributed by atoms with Gasteiger partial charge in [-0.15, -0.1) is 0 Å². The van der Waals surface area contributed by atoms with Crippen LogP contribution in [0.15, 0.2) is 18.2 Å². The summed E-state index contributed by atoms with van der Waals surface area (Å²) in [5, 5.41) is 17.7. The van der Waals surface area contributed by atoms with E-state index in [-0.39, 0.29) is 16.8 Å². The van der Waals surface area contributed by atoms with E-state index in [2.05, 4.69) is 0 Å². The Hall–Kier alpha value is -0.990. The summed E-state index contributed by atoms with van der Waals surface area (Å²) in [7, 11) is -2.92. The van der Waals surface area contributed by atoms with Crippen LogP contribution < -0.4 is 5.30 Å². The Bertz CT molecular complexity index is 297. The van der Waals surface area contributed by atoms with Crippen molar-refractivity contribution >= 4 is 13.3 Å². The van der Waals surface area contributed by atoms with Crippen molar-refractivity contribution in [3.05, 3.63) is 18.2 Å². The zero-order valence-corrected chi connectivity index (χ0v) is 6.48. The second kappa shape index (κ2) is 2.95. The molecule has 0 aliphatic rings. The van der Waals surface area contributed by atoms with E-state index in [0.29, 0.717) is 0 Å². The Labute approximate surface area is 63.6 Å². The molecule has 1 rings (SSSR count). The first kappa shape index (κ1) is 8.11. The maximum absolute atomic E-state index is 10.5. The largest absolute Gasteiger partial charge is 0.508 e. The molecule has 0 heterocycles. The molecular formula is C6H7O4P. The van der Waals surface area contributed by atoms with Crippen molar-refractivity contribution < 1.29 is 19.7 Å². The van der Waals surface area contributed by atoms with Crippen molar-refractivity contribution in [3.63, 3.8) is 0 Å². The minimum Gasteiger partial charge on any atom is -0.508 e. The first-order chi connectivity index (χ1) is 5.11. The van der Waals surface area contributed by atoms with E-state index < -0.39 is 8.03 Å². The Morgan fingerprint density at radius 1 is 1.27 bits per heavy atom. The molecule has 0 radical (unpaired) electrons. The van der Waals surface area contributed by atoms with Gasteiger partial charge in [0, 0.05) is 0 Å². The van der Waals surface area contributed by atoms with E-state index in [0.717, 1.165) is 6.07 Å². The zero-order valence-electron chi connectivity index (χ0n) is 5.48. The van der Waals surface area contributed by atoms with Crippen LogP contribution >= 0.6 is 8.03 Å². The second-order valence-electron chi connectivity index (χ2n) is 2.01. The highest BCUT2D eigenvalue weighted by Crippen LogP contribution is 2.23. The predicted molar refractivity (Wildman–Crippen MR) is 40.6 cm³/mol. The molecule has 0 saturated carbocycles. The van der Waals surface area contributed by atoms with Crippen molar-refractivity contribution in [2.75, 3.05) is 0 Å². The van der Waals surface area contributed by atoms with Crippen molar-refractivity contribution in [2.45, 2.75) is 0 Å². The third-order valence-electron chi connectivity index (χ3n) is 1.21. The molecule has 0 aromatic heterocycles. The fourth-order valence-electron chi connectivity index (χ4n) is 0.695. The lowest BCUT2D eigenvalue weighted by Gasteiger charge is -1.99. The summed E-state index contributed by atoms with van der Waals surface area (Å²) in [6.45, 7) is 0. The quantitative estimate of drug-likeness (QED) is 0.419. The molecular weight excluding hydrogens is 167 g/mol. The van der Waals surface area contributed by atoms with E-state index in [9.17, 15) is 4.57 Å². The topological polar surface area (TPSA) is 77.8 Å². The Morgan fingerprint density at radius 3 is 2.36 bits per heavy atom. The Balaban J connectivity index is 3.23. The van der Waals surface area contributed by atoms with Gasteiger partial charge in [0.15, 0.2) is 0 Å². The lowest BCUT2D eigenvalue weighted by Crippen LogP contribution is -1.95. The summed E-state index contributed by atoms with van der Waals surface area (Å²) in [6, 6.07) is 3.48. The van der Waals surface area contributed by atoms with E-state index in [1.54, 1.807) is 0 Å². The van der Waals surface area contributed by atoms with Gasteiger partial charge in [-0.1, -0.05) is 0 Å². The highest BCUT2D eigenvalue weighted by Gasteiger charge is 2.06. The number of aromatic hydroxyl groups is 2. The molecule has 0 saturated heterocycles. The average molecular weight is 174 g/mol. The molecule has 1 aromatic rings. The van der Waals surface area contributed by atoms with Crippen molar-refractivity contribution in [3.8, 4) is 11.5 Å². The van der Waals surface area contributed by atoms with Crippen LogP contribution in [0.1, 0.15) is 0 Å². The van der Waals surface area contributed by atoms with Gasteiger partial charge in [0.1, 0.15) is 11.5 Å². The van der Waals surface area contributed by atoms with Crippen molar-refractivity contribution in [1.29, 1.82) is 0 Å². The number of hydrogen-bond acceptors (Lipinski definition) is 3. The lowest BCUT2D eigenvalue weighted by molar-refractivity contribution is 0.460. The molecule has 0 bridgehead atoms. The van der Waals surface area contributed by atoms with Crippen LogP contribution in [-0.4, -0.2) is 15.1 Å². The third kappa shape index (κ3) is 1.73. The van der Waals surface area contributed by atoms with Crippen molar-refractivity contribution in [2.24, 2.45) is 0 Å². The molecule has 0 aliphatic heterocycles. The Kier molecular flexibility index (Phi) is 2.17. The molecule has 0 aliphatic carbocycles.